The zero-order valence-electron chi connectivity index (χ0n) is 18.0. The molecule has 158 valence electrons. The molecule has 0 saturated heterocycles. The second-order valence-electron chi connectivity index (χ2n) is 7.38. The summed E-state index contributed by atoms with van der Waals surface area (Å²) in [6.45, 7) is 8.59. The second kappa shape index (κ2) is 9.45. The fraction of sp³-hybridized carbons (Fsp3) is 0.348. The molecule has 7 heteroatoms. The number of nitrogens with one attached hydrogen (secondary N) is 1. The number of para-hydroxylation sites is 1. The van der Waals surface area contributed by atoms with E-state index in [2.05, 4.69) is 10.3 Å². The van der Waals surface area contributed by atoms with E-state index in [4.69, 9.17) is 4.74 Å². The Bertz CT molecular complexity index is 1120. The van der Waals surface area contributed by atoms with E-state index in [0.717, 1.165) is 22.4 Å². The minimum Gasteiger partial charge on any atom is -0.383 e. The van der Waals surface area contributed by atoms with E-state index >= 15 is 0 Å². The molecule has 0 radical (unpaired) electrons. The summed E-state index contributed by atoms with van der Waals surface area (Å²) in [5.41, 5.74) is 4.54. The van der Waals surface area contributed by atoms with Gasteiger partial charge >= 0.3 is 0 Å². The summed E-state index contributed by atoms with van der Waals surface area (Å²) in [6.07, 6.45) is 0. The number of carbonyl (C=O) groups excluding carboxylic acids is 1. The normalized spacial score (nSPS) is 12.2. The van der Waals surface area contributed by atoms with Crippen LogP contribution in [0.1, 0.15) is 23.6 Å². The third-order valence-electron chi connectivity index (χ3n) is 4.92. The van der Waals surface area contributed by atoms with Crippen molar-refractivity contribution in [3.63, 3.8) is 0 Å². The number of anilines is 1. The molecule has 1 aromatic heterocycles. The number of benzene rings is 2. The van der Waals surface area contributed by atoms with Crippen LogP contribution in [0.25, 0.3) is 10.9 Å². The van der Waals surface area contributed by atoms with Crippen LogP contribution >= 0.6 is 11.8 Å². The molecule has 0 bridgehead atoms. The maximum Gasteiger partial charge on any atom is 0.262 e. The minimum atomic E-state index is -0.438. The molecule has 3 aromatic rings. The van der Waals surface area contributed by atoms with Crippen molar-refractivity contribution >= 4 is 34.3 Å². The predicted octanol–water partition coefficient (Wildman–Crippen LogP) is 4.09. The number of methoxy groups -OCH3 is 1. The molecule has 1 N–H and O–H groups in total. The number of rotatable bonds is 7. The van der Waals surface area contributed by atoms with Gasteiger partial charge in [-0.05, 0) is 51.0 Å². The summed E-state index contributed by atoms with van der Waals surface area (Å²) in [5, 5.41) is 3.67. The SMILES string of the molecule is COCCn1c(S[C@@H](C)C(=O)Nc2c(C)cc(C)cc2C)nc2ccccc2c1=O. The van der Waals surface area contributed by atoms with Crippen molar-refractivity contribution in [1.29, 1.82) is 0 Å². The molecule has 0 saturated carbocycles. The first-order valence-corrected chi connectivity index (χ1v) is 10.7. The second-order valence-corrected chi connectivity index (χ2v) is 8.69. The van der Waals surface area contributed by atoms with E-state index in [1.165, 1.54) is 11.8 Å². The zero-order valence-corrected chi connectivity index (χ0v) is 18.8. The van der Waals surface area contributed by atoms with E-state index in [1.54, 1.807) is 17.7 Å². The van der Waals surface area contributed by atoms with Crippen molar-refractivity contribution in [3.8, 4) is 0 Å². The molecule has 0 aliphatic rings. The number of nitrogens with zero attached hydrogens (tertiary/aromatic N) is 2. The lowest BCUT2D eigenvalue weighted by Gasteiger charge is -2.18. The third-order valence-corrected chi connectivity index (χ3v) is 6.01. The van der Waals surface area contributed by atoms with E-state index < -0.39 is 5.25 Å². The molecule has 0 aliphatic heterocycles. The van der Waals surface area contributed by atoms with Crippen molar-refractivity contribution in [2.45, 2.75) is 44.6 Å². The minimum absolute atomic E-state index is 0.127. The molecule has 0 spiro atoms. The Morgan fingerprint density at radius 3 is 2.53 bits per heavy atom. The van der Waals surface area contributed by atoms with Crippen molar-refractivity contribution in [2.24, 2.45) is 0 Å². The Morgan fingerprint density at radius 1 is 1.20 bits per heavy atom. The lowest BCUT2D eigenvalue weighted by Crippen LogP contribution is -2.28. The van der Waals surface area contributed by atoms with Gasteiger partial charge in [0.05, 0.1) is 29.3 Å². The number of amides is 1. The van der Waals surface area contributed by atoms with Crippen molar-refractivity contribution in [1.82, 2.24) is 9.55 Å². The molecule has 2 aromatic carbocycles. The van der Waals surface area contributed by atoms with Gasteiger partial charge in [0.2, 0.25) is 5.91 Å². The molecule has 0 aliphatic carbocycles. The van der Waals surface area contributed by atoms with Gasteiger partial charge < -0.3 is 10.1 Å². The molecule has 0 unspecified atom stereocenters. The quantitative estimate of drug-likeness (QED) is 0.456. The van der Waals surface area contributed by atoms with Gasteiger partial charge in [-0.15, -0.1) is 0 Å². The molecule has 6 nitrogen and oxygen atoms in total. The van der Waals surface area contributed by atoms with Crippen LogP contribution in [-0.2, 0) is 16.1 Å². The van der Waals surface area contributed by atoms with Gasteiger partial charge in [0.15, 0.2) is 5.16 Å². The largest absolute Gasteiger partial charge is 0.383 e. The number of carbonyl (C=O) groups is 1. The number of ether oxygens (including phenoxy) is 1. The first-order chi connectivity index (χ1) is 14.3. The monoisotopic (exact) mass is 425 g/mol. The summed E-state index contributed by atoms with van der Waals surface area (Å²) in [4.78, 5) is 30.5. The first-order valence-electron chi connectivity index (χ1n) is 9.85. The Kier molecular flexibility index (Phi) is 6.95. The Labute approximate surface area is 180 Å². The average molecular weight is 426 g/mol. The number of hydrogen-bond donors (Lipinski definition) is 1. The highest BCUT2D eigenvalue weighted by Gasteiger charge is 2.20. The highest BCUT2D eigenvalue weighted by molar-refractivity contribution is 8.00. The van der Waals surface area contributed by atoms with Crippen molar-refractivity contribution < 1.29 is 9.53 Å². The predicted molar refractivity (Wildman–Crippen MR) is 122 cm³/mol. The van der Waals surface area contributed by atoms with Gasteiger partial charge in [-0.25, -0.2) is 4.98 Å². The average Bonchev–Trinajstić information content (AvgIpc) is 2.70. The Morgan fingerprint density at radius 2 is 1.87 bits per heavy atom. The maximum atomic E-state index is 13.0. The molecule has 30 heavy (non-hydrogen) atoms. The number of aryl methyl sites for hydroxylation is 3. The lowest BCUT2D eigenvalue weighted by molar-refractivity contribution is -0.115. The van der Waals surface area contributed by atoms with Crippen LogP contribution in [0.2, 0.25) is 0 Å². The van der Waals surface area contributed by atoms with Crippen LogP contribution in [0, 0.1) is 20.8 Å². The molecule has 1 amide bonds. The van der Waals surface area contributed by atoms with Crippen molar-refractivity contribution in [2.75, 3.05) is 19.0 Å². The smallest absolute Gasteiger partial charge is 0.262 e. The Balaban J connectivity index is 1.89. The fourth-order valence-electron chi connectivity index (χ4n) is 3.43. The van der Waals surface area contributed by atoms with Crippen LogP contribution < -0.4 is 10.9 Å². The molecule has 1 heterocycles. The molecular weight excluding hydrogens is 398 g/mol. The highest BCUT2D eigenvalue weighted by Crippen LogP contribution is 2.26. The Hall–Kier alpha value is -2.64. The number of hydrogen-bond acceptors (Lipinski definition) is 5. The summed E-state index contributed by atoms with van der Waals surface area (Å²) in [5.74, 6) is -0.129. The van der Waals surface area contributed by atoms with Gasteiger partial charge in [0.25, 0.3) is 5.56 Å². The zero-order chi connectivity index (χ0) is 21.8. The van der Waals surface area contributed by atoms with Gasteiger partial charge in [-0.2, -0.15) is 0 Å². The molecule has 1 atom stereocenters. The van der Waals surface area contributed by atoms with Crippen molar-refractivity contribution in [3.05, 3.63) is 63.4 Å². The standard InChI is InChI=1S/C23H27N3O3S/c1-14-12-15(2)20(16(3)13-14)25-21(27)17(4)30-23-24-19-9-7-6-8-18(19)22(28)26(23)10-11-29-5/h6-9,12-13,17H,10-11H2,1-5H3,(H,25,27)/t17-/m0/s1. The van der Waals surface area contributed by atoms with E-state index in [9.17, 15) is 9.59 Å². The van der Waals surface area contributed by atoms with E-state index in [0.29, 0.717) is 29.2 Å². The maximum absolute atomic E-state index is 13.0. The number of thioether (sulfide) groups is 1. The van der Waals surface area contributed by atoms with Gasteiger partial charge in [0, 0.05) is 12.8 Å². The molecular formula is C23H27N3O3S. The van der Waals surface area contributed by atoms with Crippen LogP contribution in [0.15, 0.2) is 46.3 Å². The first kappa shape index (κ1) is 22.1. The molecule has 3 rings (SSSR count). The topological polar surface area (TPSA) is 73.2 Å². The number of fused-ring (bicyclic) bond motifs is 1. The lowest BCUT2D eigenvalue weighted by atomic mass is 10.1. The van der Waals surface area contributed by atoms with Crippen LogP contribution in [0.4, 0.5) is 5.69 Å². The number of aromatic nitrogens is 2. The van der Waals surface area contributed by atoms with Gasteiger partial charge in [-0.3, -0.25) is 14.2 Å². The summed E-state index contributed by atoms with van der Waals surface area (Å²) in [7, 11) is 1.59. The fourth-order valence-corrected chi connectivity index (χ4v) is 4.37. The summed E-state index contributed by atoms with van der Waals surface area (Å²) < 4.78 is 6.75. The summed E-state index contributed by atoms with van der Waals surface area (Å²) in [6, 6.07) is 11.3. The van der Waals surface area contributed by atoms with E-state index in [-0.39, 0.29) is 11.5 Å². The highest BCUT2D eigenvalue weighted by atomic mass is 32.2. The third kappa shape index (κ3) is 4.74. The van der Waals surface area contributed by atoms with E-state index in [1.807, 2.05) is 58.0 Å². The molecule has 0 fully saturated rings. The van der Waals surface area contributed by atoms with Crippen LogP contribution in [0.3, 0.4) is 0 Å². The van der Waals surface area contributed by atoms with Gasteiger partial charge in [-0.1, -0.05) is 41.6 Å². The van der Waals surface area contributed by atoms with Crippen LogP contribution in [-0.4, -0.2) is 34.4 Å². The van der Waals surface area contributed by atoms with Gasteiger partial charge in [0.1, 0.15) is 0 Å². The summed E-state index contributed by atoms with van der Waals surface area (Å²) >= 11 is 1.28. The van der Waals surface area contributed by atoms with Crippen LogP contribution in [0.5, 0.6) is 0 Å².